The molecule has 2 aromatic heterocycles. The number of pyridine rings is 1. The number of nitrogens with zero attached hydrogens (tertiary/aromatic N) is 2. The Morgan fingerprint density at radius 3 is 2.81 bits per heavy atom. The second-order valence-corrected chi connectivity index (χ2v) is 6.29. The molecule has 3 rings (SSSR count). The summed E-state index contributed by atoms with van der Waals surface area (Å²) in [5, 5.41) is 7.50. The van der Waals surface area contributed by atoms with Gasteiger partial charge in [0.05, 0.1) is 22.7 Å². The van der Waals surface area contributed by atoms with Gasteiger partial charge in [-0.15, -0.1) is 0 Å². The summed E-state index contributed by atoms with van der Waals surface area (Å²) >= 11 is 0. The summed E-state index contributed by atoms with van der Waals surface area (Å²) in [6.07, 6.45) is 0.771. The summed E-state index contributed by atoms with van der Waals surface area (Å²) < 4.78 is 11.0. The molecule has 0 spiro atoms. The van der Waals surface area contributed by atoms with Crippen LogP contribution in [0.2, 0.25) is 0 Å². The Kier molecular flexibility index (Phi) is 5.63. The minimum atomic E-state index is -0.150. The zero-order valence-electron chi connectivity index (χ0n) is 15.3. The highest BCUT2D eigenvalue weighted by molar-refractivity contribution is 6.05. The Balaban J connectivity index is 1.51. The first-order valence-electron chi connectivity index (χ1n) is 8.74. The number of fused-ring (bicyclic) bond motifs is 1. The number of hydrogen-bond acceptors (Lipinski definition) is 5. The van der Waals surface area contributed by atoms with Crippen LogP contribution in [0.4, 0.5) is 0 Å². The number of carbonyl (C=O) groups excluding carboxylic acids is 1. The van der Waals surface area contributed by atoms with Crippen molar-refractivity contribution in [2.45, 2.75) is 33.3 Å². The fourth-order valence-corrected chi connectivity index (χ4v) is 2.85. The number of nitrogens with one attached hydrogen (secondary N) is 1. The van der Waals surface area contributed by atoms with Crippen LogP contribution in [-0.2, 0) is 4.74 Å². The molecule has 0 fully saturated rings. The summed E-state index contributed by atoms with van der Waals surface area (Å²) in [7, 11) is 0. The summed E-state index contributed by atoms with van der Waals surface area (Å²) in [6, 6.07) is 11.8. The number of benzene rings is 1. The molecule has 0 saturated carbocycles. The van der Waals surface area contributed by atoms with Crippen molar-refractivity contribution < 1.29 is 14.1 Å². The lowest BCUT2D eigenvalue weighted by Crippen LogP contribution is -2.25. The quantitative estimate of drug-likeness (QED) is 0.655. The molecular formula is C20H23N3O3. The molecule has 136 valence electrons. The van der Waals surface area contributed by atoms with Gasteiger partial charge in [-0.3, -0.25) is 4.79 Å². The maximum atomic E-state index is 12.5. The Labute approximate surface area is 152 Å². The van der Waals surface area contributed by atoms with Crippen LogP contribution in [0.15, 0.2) is 40.9 Å². The van der Waals surface area contributed by atoms with Gasteiger partial charge in [0, 0.05) is 18.8 Å². The van der Waals surface area contributed by atoms with Gasteiger partial charge in [-0.25, -0.2) is 4.98 Å². The van der Waals surface area contributed by atoms with E-state index < -0.39 is 0 Å². The summed E-state index contributed by atoms with van der Waals surface area (Å²) in [5.74, 6) is -0.150. The van der Waals surface area contributed by atoms with E-state index in [9.17, 15) is 4.79 Å². The lowest BCUT2D eigenvalue weighted by Gasteiger charge is -2.13. The molecule has 0 radical (unpaired) electrons. The van der Waals surface area contributed by atoms with Crippen molar-refractivity contribution in [3.63, 3.8) is 0 Å². The molecule has 1 atom stereocenters. The highest BCUT2D eigenvalue weighted by Gasteiger charge is 2.17. The van der Waals surface area contributed by atoms with Gasteiger partial charge in [0.2, 0.25) is 0 Å². The summed E-state index contributed by atoms with van der Waals surface area (Å²) in [4.78, 5) is 16.8. The molecular weight excluding hydrogens is 330 g/mol. The van der Waals surface area contributed by atoms with Crippen molar-refractivity contribution in [3.8, 4) is 0 Å². The first-order valence-corrected chi connectivity index (χ1v) is 8.74. The molecule has 0 aliphatic carbocycles. The molecule has 1 N–H and O–H groups in total. The zero-order valence-corrected chi connectivity index (χ0v) is 15.3. The van der Waals surface area contributed by atoms with Crippen LogP contribution in [0, 0.1) is 13.8 Å². The molecule has 1 amide bonds. The lowest BCUT2D eigenvalue weighted by molar-refractivity contribution is 0.0635. The van der Waals surface area contributed by atoms with Crippen molar-refractivity contribution in [3.05, 3.63) is 58.9 Å². The van der Waals surface area contributed by atoms with Gasteiger partial charge in [0.25, 0.3) is 11.6 Å². The monoisotopic (exact) mass is 353 g/mol. The van der Waals surface area contributed by atoms with E-state index in [-0.39, 0.29) is 12.0 Å². The van der Waals surface area contributed by atoms with Crippen molar-refractivity contribution in [2.24, 2.45) is 0 Å². The number of rotatable bonds is 7. The van der Waals surface area contributed by atoms with Crippen LogP contribution < -0.4 is 5.32 Å². The van der Waals surface area contributed by atoms with Crippen molar-refractivity contribution >= 4 is 17.0 Å². The van der Waals surface area contributed by atoms with Crippen molar-refractivity contribution in [1.82, 2.24) is 15.5 Å². The fourth-order valence-electron chi connectivity index (χ4n) is 2.85. The maximum absolute atomic E-state index is 12.5. The average Bonchev–Trinajstić information content (AvgIpc) is 3.01. The molecule has 0 unspecified atom stereocenters. The van der Waals surface area contributed by atoms with Crippen molar-refractivity contribution in [1.29, 1.82) is 0 Å². The van der Waals surface area contributed by atoms with Gasteiger partial charge in [0.15, 0.2) is 0 Å². The first kappa shape index (κ1) is 18.1. The number of hydrogen-bond donors (Lipinski definition) is 1. The van der Waals surface area contributed by atoms with E-state index in [0.29, 0.717) is 35.5 Å². The van der Waals surface area contributed by atoms with Crippen LogP contribution in [0.1, 0.15) is 46.8 Å². The fraction of sp³-hybridized carbons (Fsp3) is 0.350. The maximum Gasteiger partial charge on any atom is 0.258 e. The largest absolute Gasteiger partial charge is 0.374 e. The van der Waals surface area contributed by atoms with Crippen LogP contribution in [0.3, 0.4) is 0 Å². The third-order valence-electron chi connectivity index (χ3n) is 4.23. The van der Waals surface area contributed by atoms with Gasteiger partial charge < -0.3 is 14.6 Å². The Morgan fingerprint density at radius 2 is 2.04 bits per heavy atom. The van der Waals surface area contributed by atoms with Crippen LogP contribution in [0.25, 0.3) is 11.1 Å². The molecule has 0 bridgehead atoms. The number of amides is 1. The van der Waals surface area contributed by atoms with E-state index in [1.54, 1.807) is 13.0 Å². The number of carbonyl (C=O) groups is 1. The Bertz CT molecular complexity index is 890. The minimum Gasteiger partial charge on any atom is -0.374 e. The molecule has 1 aromatic carbocycles. The highest BCUT2D eigenvalue weighted by atomic mass is 16.5. The molecule has 0 aliphatic heterocycles. The van der Waals surface area contributed by atoms with E-state index in [2.05, 4.69) is 15.5 Å². The van der Waals surface area contributed by atoms with Gasteiger partial charge in [-0.2, -0.15) is 0 Å². The Hall–Kier alpha value is -2.73. The second kappa shape index (κ2) is 8.10. The summed E-state index contributed by atoms with van der Waals surface area (Å²) in [6.45, 7) is 6.77. The predicted molar refractivity (Wildman–Crippen MR) is 99.0 cm³/mol. The average molecular weight is 353 g/mol. The predicted octanol–water partition coefficient (Wildman–Crippen LogP) is 3.74. The molecule has 0 saturated heterocycles. The van der Waals surface area contributed by atoms with Gasteiger partial charge >= 0.3 is 0 Å². The lowest BCUT2D eigenvalue weighted by atomic mass is 10.1. The van der Waals surface area contributed by atoms with Gasteiger partial charge in [0.1, 0.15) is 0 Å². The molecule has 6 heteroatoms. The molecule has 6 nitrogen and oxygen atoms in total. The third kappa shape index (κ3) is 4.08. The minimum absolute atomic E-state index is 0.0361. The topological polar surface area (TPSA) is 77.2 Å². The van der Waals surface area contributed by atoms with Gasteiger partial charge in [-0.05, 0) is 38.8 Å². The first-order chi connectivity index (χ1) is 12.6. The van der Waals surface area contributed by atoms with E-state index in [4.69, 9.17) is 9.26 Å². The molecule has 2 heterocycles. The normalized spacial score (nSPS) is 12.3. The number of ether oxygens (including phenoxy) is 1. The van der Waals surface area contributed by atoms with E-state index in [0.717, 1.165) is 17.7 Å². The van der Waals surface area contributed by atoms with Gasteiger partial charge in [-0.1, -0.05) is 35.5 Å². The van der Waals surface area contributed by atoms with Crippen LogP contribution in [0.5, 0.6) is 0 Å². The standard InChI is InChI=1S/C20H23N3O3/c1-13-12-17(18-14(2)23-26-20(18)22-13)19(24)21-10-7-11-25-15(3)16-8-5-4-6-9-16/h4-6,8-9,12,15H,7,10-11H2,1-3H3,(H,21,24)/t15-/m0/s1. The van der Waals surface area contributed by atoms with Crippen LogP contribution in [-0.4, -0.2) is 29.2 Å². The van der Waals surface area contributed by atoms with Crippen molar-refractivity contribution in [2.75, 3.05) is 13.2 Å². The molecule has 26 heavy (non-hydrogen) atoms. The zero-order chi connectivity index (χ0) is 18.5. The van der Waals surface area contributed by atoms with E-state index in [1.165, 1.54) is 0 Å². The van der Waals surface area contributed by atoms with Crippen LogP contribution >= 0.6 is 0 Å². The summed E-state index contributed by atoms with van der Waals surface area (Å²) in [5.41, 5.74) is 3.48. The molecule has 0 aliphatic rings. The molecule has 3 aromatic rings. The third-order valence-corrected chi connectivity index (χ3v) is 4.23. The van der Waals surface area contributed by atoms with E-state index >= 15 is 0 Å². The second-order valence-electron chi connectivity index (χ2n) is 6.29. The number of aryl methyl sites for hydroxylation is 2. The highest BCUT2D eigenvalue weighted by Crippen LogP contribution is 2.21. The number of aromatic nitrogens is 2. The van der Waals surface area contributed by atoms with E-state index in [1.807, 2.05) is 44.2 Å². The smallest absolute Gasteiger partial charge is 0.258 e. The Morgan fingerprint density at radius 1 is 1.27 bits per heavy atom. The SMILES string of the molecule is Cc1cc(C(=O)NCCCO[C@@H](C)c2ccccc2)c2c(C)noc2n1.